The number of hydrogen-bond acceptors (Lipinski definition) is 7. The summed E-state index contributed by atoms with van der Waals surface area (Å²) in [4.78, 5) is 30.8. The number of benzene rings is 1. The SMILES string of the molecule is COC(=O)Cn1cnc(/C=C2\CN(C(C(=O)C3CC3)c3ccccc3F)CCC2S)n1. The Hall–Kier alpha value is -2.52. The maximum absolute atomic E-state index is 14.6. The molecule has 0 N–H and O–H groups in total. The average molecular weight is 445 g/mol. The fraction of sp³-hybridized carbons (Fsp3) is 0.455. The number of Topliss-reactive ketones (excluding diaryl/α,β-unsaturated/α-hetero) is 1. The number of likely N-dealkylation sites (tertiary alicyclic amines) is 1. The zero-order valence-corrected chi connectivity index (χ0v) is 18.2. The van der Waals surface area contributed by atoms with E-state index < -0.39 is 12.0 Å². The van der Waals surface area contributed by atoms with Crippen LogP contribution in [0.4, 0.5) is 4.39 Å². The topological polar surface area (TPSA) is 77.3 Å². The molecule has 4 rings (SSSR count). The van der Waals surface area contributed by atoms with Crippen molar-refractivity contribution in [1.82, 2.24) is 19.7 Å². The Morgan fingerprint density at radius 1 is 1.32 bits per heavy atom. The van der Waals surface area contributed by atoms with Crippen LogP contribution in [0.25, 0.3) is 6.08 Å². The second-order valence-electron chi connectivity index (χ2n) is 7.97. The van der Waals surface area contributed by atoms with Crippen molar-refractivity contribution in [3.63, 3.8) is 0 Å². The maximum atomic E-state index is 14.6. The summed E-state index contributed by atoms with van der Waals surface area (Å²) in [5.41, 5.74) is 1.38. The smallest absolute Gasteiger partial charge is 0.327 e. The Morgan fingerprint density at radius 2 is 2.10 bits per heavy atom. The molecule has 1 aromatic carbocycles. The van der Waals surface area contributed by atoms with Gasteiger partial charge >= 0.3 is 5.97 Å². The fourth-order valence-corrected chi connectivity index (χ4v) is 4.16. The average Bonchev–Trinajstić information content (AvgIpc) is 3.53. The predicted octanol–water partition coefficient (Wildman–Crippen LogP) is 2.70. The number of thiol groups is 1. The van der Waals surface area contributed by atoms with Crippen molar-refractivity contribution in [3.05, 3.63) is 53.4 Å². The van der Waals surface area contributed by atoms with Crippen molar-refractivity contribution in [2.45, 2.75) is 37.1 Å². The van der Waals surface area contributed by atoms with Crippen LogP contribution in [0.1, 0.15) is 36.7 Å². The second-order valence-corrected chi connectivity index (χ2v) is 8.59. The van der Waals surface area contributed by atoms with E-state index in [0.717, 1.165) is 24.8 Å². The summed E-state index contributed by atoms with van der Waals surface area (Å²) in [6, 6.07) is 5.91. The highest BCUT2D eigenvalue weighted by molar-refractivity contribution is 7.81. The first kappa shape index (κ1) is 21.7. The fourth-order valence-electron chi connectivity index (χ4n) is 3.89. The lowest BCUT2D eigenvalue weighted by Crippen LogP contribution is -2.42. The van der Waals surface area contributed by atoms with Crippen LogP contribution in [0.15, 0.2) is 36.2 Å². The van der Waals surface area contributed by atoms with Crippen LogP contribution in [-0.4, -0.2) is 56.9 Å². The number of carbonyl (C=O) groups is 2. The lowest BCUT2D eigenvalue weighted by atomic mass is 9.93. The van der Waals surface area contributed by atoms with Gasteiger partial charge in [-0.05, 0) is 37.0 Å². The predicted molar refractivity (Wildman–Crippen MR) is 116 cm³/mol. The first-order valence-corrected chi connectivity index (χ1v) is 10.8. The van der Waals surface area contributed by atoms with Crippen molar-refractivity contribution in [2.75, 3.05) is 20.2 Å². The number of esters is 1. The second kappa shape index (κ2) is 9.32. The summed E-state index contributed by atoms with van der Waals surface area (Å²) in [7, 11) is 1.32. The Kier molecular flexibility index (Phi) is 6.52. The van der Waals surface area contributed by atoms with Crippen LogP contribution in [0, 0.1) is 11.7 Å². The molecule has 1 aromatic heterocycles. The van der Waals surface area contributed by atoms with E-state index in [0.29, 0.717) is 24.5 Å². The largest absolute Gasteiger partial charge is 0.468 e. The number of aromatic nitrogens is 3. The first-order chi connectivity index (χ1) is 15.0. The van der Waals surface area contributed by atoms with Gasteiger partial charge in [0.15, 0.2) is 11.6 Å². The minimum Gasteiger partial charge on any atom is -0.468 e. The number of hydrogen-bond donors (Lipinski definition) is 1. The summed E-state index contributed by atoms with van der Waals surface area (Å²) in [5.74, 6) is -0.214. The summed E-state index contributed by atoms with van der Waals surface area (Å²) in [6.45, 7) is 1.10. The maximum Gasteiger partial charge on any atom is 0.327 e. The minimum absolute atomic E-state index is 0.0129. The lowest BCUT2D eigenvalue weighted by Gasteiger charge is -2.37. The molecule has 2 fully saturated rings. The Balaban J connectivity index is 1.58. The van der Waals surface area contributed by atoms with Crippen LogP contribution in [0.3, 0.4) is 0 Å². The zero-order valence-electron chi connectivity index (χ0n) is 17.3. The molecule has 2 unspecified atom stereocenters. The molecule has 0 amide bonds. The summed E-state index contributed by atoms with van der Waals surface area (Å²) in [6.07, 6.45) is 5.77. The number of carbonyl (C=O) groups excluding carboxylic acids is 2. The monoisotopic (exact) mass is 444 g/mol. The van der Waals surface area contributed by atoms with Crippen LogP contribution in [0.5, 0.6) is 0 Å². The third-order valence-corrected chi connectivity index (χ3v) is 6.29. The Morgan fingerprint density at radius 3 is 2.81 bits per heavy atom. The number of piperidine rings is 1. The van der Waals surface area contributed by atoms with Crippen LogP contribution < -0.4 is 0 Å². The number of rotatable bonds is 7. The van der Waals surface area contributed by atoms with Gasteiger partial charge in [-0.15, -0.1) is 0 Å². The van der Waals surface area contributed by atoms with E-state index in [4.69, 9.17) is 12.6 Å². The molecule has 0 bridgehead atoms. The highest BCUT2D eigenvalue weighted by Gasteiger charge is 2.40. The Bertz CT molecular complexity index is 1000. The number of halogens is 1. The third kappa shape index (κ3) is 5.04. The number of nitrogens with zero attached hydrogens (tertiary/aromatic N) is 4. The van der Waals surface area contributed by atoms with Gasteiger partial charge in [-0.3, -0.25) is 14.5 Å². The van der Waals surface area contributed by atoms with Crippen molar-refractivity contribution in [3.8, 4) is 0 Å². The molecule has 164 valence electrons. The number of ketones is 1. The first-order valence-electron chi connectivity index (χ1n) is 10.3. The van der Waals surface area contributed by atoms with Crippen molar-refractivity contribution in [1.29, 1.82) is 0 Å². The molecular formula is C22H25FN4O3S. The molecule has 2 aliphatic rings. The van der Waals surface area contributed by atoms with Crippen LogP contribution in [-0.2, 0) is 20.9 Å². The van der Waals surface area contributed by atoms with Gasteiger partial charge in [0.2, 0.25) is 0 Å². The molecule has 7 nitrogen and oxygen atoms in total. The van der Waals surface area contributed by atoms with Crippen molar-refractivity contribution < 1.29 is 18.7 Å². The van der Waals surface area contributed by atoms with E-state index in [2.05, 4.69) is 14.8 Å². The summed E-state index contributed by atoms with van der Waals surface area (Å²) in [5, 5.41) is 4.28. The quantitative estimate of drug-likeness (QED) is 0.523. The Labute approximate surface area is 185 Å². The molecule has 9 heteroatoms. The zero-order chi connectivity index (χ0) is 22.0. The van der Waals surface area contributed by atoms with E-state index in [1.807, 2.05) is 11.0 Å². The summed E-state index contributed by atoms with van der Waals surface area (Å²) >= 11 is 4.70. The molecular weight excluding hydrogens is 419 g/mol. The molecule has 0 radical (unpaired) electrons. The van der Waals surface area contributed by atoms with Gasteiger partial charge in [0.25, 0.3) is 0 Å². The molecule has 1 saturated heterocycles. The van der Waals surface area contributed by atoms with E-state index in [1.54, 1.807) is 18.2 Å². The van der Waals surface area contributed by atoms with Crippen LogP contribution >= 0.6 is 12.6 Å². The molecule has 2 heterocycles. The molecule has 0 spiro atoms. The van der Waals surface area contributed by atoms with Crippen LogP contribution in [0.2, 0.25) is 0 Å². The number of methoxy groups -OCH3 is 1. The normalized spacial score (nSPS) is 21.8. The third-order valence-electron chi connectivity index (χ3n) is 5.71. The summed E-state index contributed by atoms with van der Waals surface area (Å²) < 4.78 is 20.7. The van der Waals surface area contributed by atoms with Gasteiger partial charge in [-0.1, -0.05) is 18.2 Å². The highest BCUT2D eigenvalue weighted by atomic mass is 32.1. The van der Waals surface area contributed by atoms with E-state index in [1.165, 1.54) is 24.2 Å². The minimum atomic E-state index is -0.609. The highest BCUT2D eigenvalue weighted by Crippen LogP contribution is 2.39. The molecule has 31 heavy (non-hydrogen) atoms. The van der Waals surface area contributed by atoms with Gasteiger partial charge < -0.3 is 4.74 Å². The van der Waals surface area contributed by atoms with Crippen molar-refractivity contribution >= 4 is 30.5 Å². The van der Waals surface area contributed by atoms with Gasteiger partial charge in [-0.2, -0.15) is 17.7 Å². The van der Waals surface area contributed by atoms with Crippen molar-refractivity contribution in [2.24, 2.45) is 5.92 Å². The molecule has 2 atom stereocenters. The lowest BCUT2D eigenvalue weighted by molar-refractivity contribution is -0.141. The van der Waals surface area contributed by atoms with E-state index in [-0.39, 0.29) is 29.3 Å². The molecule has 1 aliphatic heterocycles. The molecule has 1 aliphatic carbocycles. The van der Waals surface area contributed by atoms with E-state index >= 15 is 0 Å². The van der Waals surface area contributed by atoms with Gasteiger partial charge in [0.1, 0.15) is 18.7 Å². The standard InChI is InChI=1S/C22H25FN4O3S/c1-30-20(28)12-27-13-24-19(25-27)10-15-11-26(9-8-18(15)31)21(22(29)14-6-7-14)16-4-2-3-5-17(16)23/h2-5,10,13-14,18,21,31H,6-9,11-12H2,1H3/b15-10+. The molecule has 2 aromatic rings. The van der Waals surface area contributed by atoms with Gasteiger partial charge in [0.05, 0.1) is 13.2 Å². The van der Waals surface area contributed by atoms with Gasteiger partial charge in [-0.25, -0.2) is 14.1 Å². The molecule has 1 saturated carbocycles. The van der Waals surface area contributed by atoms with Gasteiger partial charge in [0, 0.05) is 29.8 Å². The number of ether oxygens (including phenoxy) is 1. The van der Waals surface area contributed by atoms with E-state index in [9.17, 15) is 14.0 Å².